The number of rotatable bonds is 3. The zero-order valence-corrected chi connectivity index (χ0v) is 12.1. The Labute approximate surface area is 115 Å². The van der Waals surface area contributed by atoms with Crippen LogP contribution in [0.1, 0.15) is 26.2 Å². The summed E-state index contributed by atoms with van der Waals surface area (Å²) in [4.78, 5) is 0.367. The van der Waals surface area contributed by atoms with Crippen LogP contribution >= 0.6 is 0 Å². The standard InChI is InChI=1S/C14H22N2O2S/c1-14(16)8-7-13(15)11(9-14)10-19(17,18)12-5-3-2-4-6-12/h2-6,11,13H,7-10,15-16H2,1H3. The number of hydrogen-bond donors (Lipinski definition) is 2. The lowest BCUT2D eigenvalue weighted by atomic mass is 9.76. The predicted molar refractivity (Wildman–Crippen MR) is 76.4 cm³/mol. The third-order valence-corrected chi connectivity index (χ3v) is 5.78. The van der Waals surface area contributed by atoms with Gasteiger partial charge in [-0.05, 0) is 44.2 Å². The molecule has 1 aliphatic carbocycles. The fraction of sp³-hybridized carbons (Fsp3) is 0.571. The minimum absolute atomic E-state index is 0.0612. The van der Waals surface area contributed by atoms with Crippen LogP contribution in [0.25, 0.3) is 0 Å². The topological polar surface area (TPSA) is 86.2 Å². The highest BCUT2D eigenvalue weighted by molar-refractivity contribution is 7.91. The van der Waals surface area contributed by atoms with Gasteiger partial charge in [0.05, 0.1) is 10.6 Å². The summed E-state index contributed by atoms with van der Waals surface area (Å²) in [6.07, 6.45) is 2.32. The van der Waals surface area contributed by atoms with Crippen LogP contribution in [0.4, 0.5) is 0 Å². The molecule has 1 aliphatic rings. The van der Waals surface area contributed by atoms with Gasteiger partial charge in [-0.2, -0.15) is 0 Å². The monoisotopic (exact) mass is 282 g/mol. The molecule has 0 aliphatic heterocycles. The Bertz CT molecular complexity index is 526. The fourth-order valence-corrected chi connectivity index (χ4v) is 4.47. The van der Waals surface area contributed by atoms with Crippen molar-refractivity contribution in [1.82, 2.24) is 0 Å². The Morgan fingerprint density at radius 2 is 1.95 bits per heavy atom. The molecule has 5 heteroatoms. The molecule has 1 fully saturated rings. The molecule has 1 aromatic carbocycles. The molecule has 4 N–H and O–H groups in total. The first-order chi connectivity index (χ1) is 8.80. The molecule has 19 heavy (non-hydrogen) atoms. The van der Waals surface area contributed by atoms with Crippen molar-refractivity contribution in [3.63, 3.8) is 0 Å². The first-order valence-electron chi connectivity index (χ1n) is 6.62. The van der Waals surface area contributed by atoms with Crippen LogP contribution in [0.2, 0.25) is 0 Å². The largest absolute Gasteiger partial charge is 0.327 e. The second-order valence-corrected chi connectivity index (χ2v) is 7.95. The van der Waals surface area contributed by atoms with E-state index < -0.39 is 9.84 Å². The lowest BCUT2D eigenvalue weighted by Gasteiger charge is -2.38. The van der Waals surface area contributed by atoms with Crippen LogP contribution in [0.5, 0.6) is 0 Å². The second kappa shape index (κ2) is 5.23. The van der Waals surface area contributed by atoms with E-state index in [1.165, 1.54) is 0 Å². The van der Waals surface area contributed by atoms with Gasteiger partial charge in [0.1, 0.15) is 0 Å². The van der Waals surface area contributed by atoms with Gasteiger partial charge in [-0.1, -0.05) is 18.2 Å². The lowest BCUT2D eigenvalue weighted by Crippen LogP contribution is -2.50. The van der Waals surface area contributed by atoms with Crippen molar-refractivity contribution in [2.24, 2.45) is 17.4 Å². The summed E-state index contributed by atoms with van der Waals surface area (Å²) in [5.74, 6) is 0.0271. The van der Waals surface area contributed by atoms with Gasteiger partial charge in [0.25, 0.3) is 0 Å². The molecule has 1 saturated carbocycles. The van der Waals surface area contributed by atoms with E-state index in [1.807, 2.05) is 13.0 Å². The van der Waals surface area contributed by atoms with Gasteiger partial charge in [0.15, 0.2) is 9.84 Å². The first-order valence-corrected chi connectivity index (χ1v) is 8.28. The van der Waals surface area contributed by atoms with Gasteiger partial charge in [0.2, 0.25) is 0 Å². The van der Waals surface area contributed by atoms with E-state index in [9.17, 15) is 8.42 Å². The average Bonchev–Trinajstić information content (AvgIpc) is 2.34. The summed E-state index contributed by atoms with van der Waals surface area (Å²) in [6.45, 7) is 1.97. The Morgan fingerprint density at radius 1 is 1.32 bits per heavy atom. The highest BCUT2D eigenvalue weighted by atomic mass is 32.2. The summed E-state index contributed by atoms with van der Waals surface area (Å²) >= 11 is 0. The summed E-state index contributed by atoms with van der Waals surface area (Å²) in [5, 5.41) is 0. The lowest BCUT2D eigenvalue weighted by molar-refractivity contribution is 0.228. The molecular formula is C14H22N2O2S. The van der Waals surface area contributed by atoms with Crippen LogP contribution in [-0.4, -0.2) is 25.8 Å². The molecule has 106 valence electrons. The van der Waals surface area contributed by atoms with Crippen LogP contribution < -0.4 is 11.5 Å². The molecule has 3 unspecified atom stereocenters. The van der Waals surface area contributed by atoms with Crippen molar-refractivity contribution in [3.05, 3.63) is 30.3 Å². The van der Waals surface area contributed by atoms with Gasteiger partial charge in [-0.15, -0.1) is 0 Å². The molecule has 0 heterocycles. The first kappa shape index (κ1) is 14.5. The molecule has 2 rings (SSSR count). The van der Waals surface area contributed by atoms with Gasteiger partial charge < -0.3 is 11.5 Å². The third-order valence-electron chi connectivity index (χ3n) is 3.92. The fourth-order valence-electron chi connectivity index (χ4n) is 2.77. The summed E-state index contributed by atoms with van der Waals surface area (Å²) < 4.78 is 24.7. The highest BCUT2D eigenvalue weighted by Crippen LogP contribution is 2.31. The Kier molecular flexibility index (Phi) is 3.99. The minimum atomic E-state index is -3.28. The zero-order chi connectivity index (χ0) is 14.1. The van der Waals surface area contributed by atoms with Crippen molar-refractivity contribution in [1.29, 1.82) is 0 Å². The van der Waals surface area contributed by atoms with Crippen LogP contribution in [-0.2, 0) is 9.84 Å². The van der Waals surface area contributed by atoms with Gasteiger partial charge in [-0.3, -0.25) is 0 Å². The molecule has 0 radical (unpaired) electrons. The summed E-state index contributed by atoms with van der Waals surface area (Å²) in [5.41, 5.74) is 11.9. The molecule has 3 atom stereocenters. The molecule has 0 spiro atoms. The average molecular weight is 282 g/mol. The van der Waals surface area contributed by atoms with E-state index in [-0.39, 0.29) is 23.3 Å². The Hall–Kier alpha value is -0.910. The van der Waals surface area contributed by atoms with Crippen molar-refractivity contribution in [3.8, 4) is 0 Å². The predicted octanol–water partition coefficient (Wildman–Crippen LogP) is 1.31. The summed E-state index contributed by atoms with van der Waals surface area (Å²) in [7, 11) is -3.28. The van der Waals surface area contributed by atoms with Crippen LogP contribution in [0.3, 0.4) is 0 Å². The number of benzene rings is 1. The van der Waals surface area contributed by atoms with E-state index in [2.05, 4.69) is 0 Å². The number of nitrogens with two attached hydrogens (primary N) is 2. The van der Waals surface area contributed by atoms with E-state index in [1.54, 1.807) is 24.3 Å². The van der Waals surface area contributed by atoms with Gasteiger partial charge in [-0.25, -0.2) is 8.42 Å². The number of hydrogen-bond acceptors (Lipinski definition) is 4. The maximum absolute atomic E-state index is 12.4. The maximum atomic E-state index is 12.4. The van der Waals surface area contributed by atoms with Crippen LogP contribution in [0, 0.1) is 5.92 Å². The Morgan fingerprint density at radius 3 is 2.58 bits per heavy atom. The van der Waals surface area contributed by atoms with Crippen LogP contribution in [0.15, 0.2) is 35.2 Å². The zero-order valence-electron chi connectivity index (χ0n) is 11.2. The van der Waals surface area contributed by atoms with Gasteiger partial charge in [0, 0.05) is 11.6 Å². The van der Waals surface area contributed by atoms with Crippen molar-refractivity contribution in [2.75, 3.05) is 5.75 Å². The second-order valence-electron chi connectivity index (χ2n) is 5.92. The number of sulfone groups is 1. The molecule has 0 saturated heterocycles. The van der Waals surface area contributed by atoms with Crippen molar-refractivity contribution in [2.45, 2.75) is 42.7 Å². The SMILES string of the molecule is CC1(N)CCC(N)C(CS(=O)(=O)c2ccccc2)C1. The highest BCUT2D eigenvalue weighted by Gasteiger charge is 2.36. The van der Waals surface area contributed by atoms with E-state index >= 15 is 0 Å². The molecule has 1 aromatic rings. The molecule has 4 nitrogen and oxygen atoms in total. The van der Waals surface area contributed by atoms with Gasteiger partial charge >= 0.3 is 0 Å². The quantitative estimate of drug-likeness (QED) is 0.875. The normalized spacial score (nSPS) is 32.2. The molecular weight excluding hydrogens is 260 g/mol. The van der Waals surface area contributed by atoms with E-state index in [0.717, 1.165) is 12.8 Å². The Balaban J connectivity index is 2.16. The smallest absolute Gasteiger partial charge is 0.178 e. The van der Waals surface area contributed by atoms with E-state index in [4.69, 9.17) is 11.5 Å². The summed E-state index contributed by atoms with van der Waals surface area (Å²) in [6, 6.07) is 8.47. The van der Waals surface area contributed by atoms with Crippen molar-refractivity contribution < 1.29 is 8.42 Å². The van der Waals surface area contributed by atoms with E-state index in [0.29, 0.717) is 11.3 Å². The molecule has 0 bridgehead atoms. The maximum Gasteiger partial charge on any atom is 0.178 e. The minimum Gasteiger partial charge on any atom is -0.327 e. The molecule has 0 amide bonds. The third kappa shape index (κ3) is 3.55. The van der Waals surface area contributed by atoms with Crippen molar-refractivity contribution >= 4 is 9.84 Å². The molecule has 0 aromatic heterocycles.